The molecule has 1 amide bonds. The lowest BCUT2D eigenvalue weighted by atomic mass is 10.2. The average molecular weight is 432 g/mol. The first-order valence-corrected chi connectivity index (χ1v) is 9.60. The van der Waals surface area contributed by atoms with Crippen molar-refractivity contribution in [3.8, 4) is 28.6 Å². The predicted molar refractivity (Wildman–Crippen MR) is 112 cm³/mol. The summed E-state index contributed by atoms with van der Waals surface area (Å²) in [5, 5.41) is 7.17. The molecule has 1 N–H and O–H groups in total. The molecule has 0 radical (unpaired) electrons. The van der Waals surface area contributed by atoms with Gasteiger partial charge >= 0.3 is 0 Å². The van der Waals surface area contributed by atoms with Crippen LogP contribution in [0.3, 0.4) is 0 Å². The van der Waals surface area contributed by atoms with Crippen molar-refractivity contribution in [1.82, 2.24) is 10.1 Å². The molecule has 0 aliphatic heterocycles. The van der Waals surface area contributed by atoms with Crippen molar-refractivity contribution in [1.29, 1.82) is 0 Å². The summed E-state index contributed by atoms with van der Waals surface area (Å²) in [7, 11) is 4.63. The summed E-state index contributed by atoms with van der Waals surface area (Å²) in [6.45, 7) is 0. The maximum atomic E-state index is 12.3. The van der Waals surface area contributed by atoms with E-state index < -0.39 is 0 Å². The molecule has 0 unspecified atom stereocenters. The minimum absolute atomic E-state index is 0.176. The predicted octanol–water partition coefficient (Wildman–Crippen LogP) is 4.38. The Bertz CT molecular complexity index is 1000. The molecule has 0 saturated heterocycles. The van der Waals surface area contributed by atoms with Crippen LogP contribution in [0, 0.1) is 0 Å². The third-order valence-electron chi connectivity index (χ3n) is 4.36. The van der Waals surface area contributed by atoms with Gasteiger partial charge in [0.25, 0.3) is 0 Å². The molecular formula is C21H22ClN3O5. The summed E-state index contributed by atoms with van der Waals surface area (Å²) in [5.41, 5.74) is 1.31. The number of hydrogen-bond acceptors (Lipinski definition) is 7. The Morgan fingerprint density at radius 2 is 1.80 bits per heavy atom. The molecule has 2 aromatic carbocycles. The van der Waals surface area contributed by atoms with Gasteiger partial charge in [0.15, 0.2) is 0 Å². The SMILES string of the molecule is COc1ccc(-c2noc(CCCC(=O)Nc3cc(Cl)c(OC)cc3OC)n2)cc1. The Labute approximate surface area is 179 Å². The van der Waals surface area contributed by atoms with Gasteiger partial charge in [-0.2, -0.15) is 4.98 Å². The van der Waals surface area contributed by atoms with Crippen molar-refractivity contribution in [3.05, 3.63) is 47.3 Å². The number of ether oxygens (including phenoxy) is 3. The number of halogens is 1. The Morgan fingerprint density at radius 3 is 2.47 bits per heavy atom. The van der Waals surface area contributed by atoms with E-state index in [1.807, 2.05) is 24.3 Å². The first kappa shape index (κ1) is 21.4. The summed E-state index contributed by atoms with van der Waals surface area (Å²) in [4.78, 5) is 16.7. The van der Waals surface area contributed by atoms with E-state index in [9.17, 15) is 4.79 Å². The van der Waals surface area contributed by atoms with Crippen LogP contribution >= 0.6 is 11.6 Å². The number of nitrogens with one attached hydrogen (secondary N) is 1. The van der Waals surface area contributed by atoms with Gasteiger partial charge in [0, 0.05) is 24.5 Å². The van der Waals surface area contributed by atoms with Crippen molar-refractivity contribution in [2.24, 2.45) is 0 Å². The number of methoxy groups -OCH3 is 3. The van der Waals surface area contributed by atoms with Crippen molar-refractivity contribution >= 4 is 23.2 Å². The lowest BCUT2D eigenvalue weighted by molar-refractivity contribution is -0.116. The minimum atomic E-state index is -0.176. The highest BCUT2D eigenvalue weighted by Crippen LogP contribution is 2.36. The summed E-state index contributed by atoms with van der Waals surface area (Å²) in [6.07, 6.45) is 1.30. The van der Waals surface area contributed by atoms with Gasteiger partial charge in [0.2, 0.25) is 17.6 Å². The number of hydrogen-bond donors (Lipinski definition) is 1. The summed E-state index contributed by atoms with van der Waals surface area (Å²) in [6, 6.07) is 10.6. The summed E-state index contributed by atoms with van der Waals surface area (Å²) >= 11 is 6.13. The smallest absolute Gasteiger partial charge is 0.226 e. The van der Waals surface area contributed by atoms with Gasteiger partial charge in [-0.05, 0) is 36.8 Å². The lowest BCUT2D eigenvalue weighted by Crippen LogP contribution is -2.12. The second-order valence-electron chi connectivity index (χ2n) is 6.33. The number of carbonyl (C=O) groups excluding carboxylic acids is 1. The van der Waals surface area contributed by atoms with Crippen molar-refractivity contribution in [3.63, 3.8) is 0 Å². The van der Waals surface area contributed by atoms with Crippen molar-refractivity contribution < 1.29 is 23.5 Å². The molecule has 1 aromatic heterocycles. The van der Waals surface area contributed by atoms with E-state index in [2.05, 4.69) is 15.5 Å². The number of benzene rings is 2. The average Bonchev–Trinajstić information content (AvgIpc) is 3.23. The molecule has 3 rings (SSSR count). The van der Waals surface area contributed by atoms with Gasteiger partial charge < -0.3 is 24.1 Å². The van der Waals surface area contributed by atoms with E-state index in [0.29, 0.717) is 46.8 Å². The van der Waals surface area contributed by atoms with Crippen molar-refractivity contribution in [2.75, 3.05) is 26.6 Å². The second-order valence-corrected chi connectivity index (χ2v) is 6.74. The zero-order valence-corrected chi connectivity index (χ0v) is 17.7. The summed E-state index contributed by atoms with van der Waals surface area (Å²) in [5.74, 6) is 2.47. The lowest BCUT2D eigenvalue weighted by Gasteiger charge is -2.13. The van der Waals surface area contributed by atoms with Gasteiger partial charge in [-0.15, -0.1) is 0 Å². The number of amides is 1. The van der Waals surface area contributed by atoms with E-state index in [1.54, 1.807) is 19.2 Å². The minimum Gasteiger partial charge on any atom is -0.497 e. The Balaban J connectivity index is 1.54. The maximum Gasteiger partial charge on any atom is 0.226 e. The van der Waals surface area contributed by atoms with Gasteiger partial charge in [-0.1, -0.05) is 16.8 Å². The van der Waals surface area contributed by atoms with Gasteiger partial charge in [-0.3, -0.25) is 4.79 Å². The number of aromatic nitrogens is 2. The zero-order chi connectivity index (χ0) is 21.5. The zero-order valence-electron chi connectivity index (χ0n) is 16.9. The third kappa shape index (κ3) is 5.21. The van der Waals surface area contributed by atoms with Crippen molar-refractivity contribution in [2.45, 2.75) is 19.3 Å². The van der Waals surface area contributed by atoms with Crippen LogP contribution in [0.1, 0.15) is 18.7 Å². The topological polar surface area (TPSA) is 95.7 Å². The van der Waals surface area contributed by atoms with Crippen LogP contribution in [0.5, 0.6) is 17.2 Å². The van der Waals surface area contributed by atoms with Crippen LogP contribution in [0.2, 0.25) is 5.02 Å². The maximum absolute atomic E-state index is 12.3. The molecule has 0 saturated carbocycles. The molecule has 158 valence electrons. The second kappa shape index (κ2) is 9.98. The normalized spacial score (nSPS) is 10.5. The highest BCUT2D eigenvalue weighted by Gasteiger charge is 2.14. The molecule has 0 bridgehead atoms. The molecule has 3 aromatic rings. The molecule has 0 aliphatic rings. The van der Waals surface area contributed by atoms with Crippen LogP contribution in [0.4, 0.5) is 5.69 Å². The van der Waals surface area contributed by atoms with Crippen LogP contribution in [0.15, 0.2) is 40.9 Å². The first-order chi connectivity index (χ1) is 14.5. The fraction of sp³-hybridized carbons (Fsp3) is 0.286. The van der Waals surface area contributed by atoms with Crippen LogP contribution in [0.25, 0.3) is 11.4 Å². The van der Waals surface area contributed by atoms with E-state index in [0.717, 1.165) is 11.3 Å². The molecule has 0 atom stereocenters. The van der Waals surface area contributed by atoms with Gasteiger partial charge in [0.1, 0.15) is 17.2 Å². The monoisotopic (exact) mass is 431 g/mol. The number of carbonyl (C=O) groups is 1. The molecule has 8 nitrogen and oxygen atoms in total. The van der Waals surface area contributed by atoms with E-state index >= 15 is 0 Å². The fourth-order valence-corrected chi connectivity index (χ4v) is 3.03. The van der Waals surface area contributed by atoms with Crippen LogP contribution in [-0.4, -0.2) is 37.4 Å². The largest absolute Gasteiger partial charge is 0.497 e. The highest BCUT2D eigenvalue weighted by atomic mass is 35.5. The molecule has 1 heterocycles. The number of aryl methyl sites for hydroxylation is 1. The molecule has 0 spiro atoms. The molecule has 0 fully saturated rings. The molecule has 30 heavy (non-hydrogen) atoms. The van der Waals surface area contributed by atoms with Gasteiger partial charge in [0.05, 0.1) is 32.0 Å². The third-order valence-corrected chi connectivity index (χ3v) is 4.65. The van der Waals surface area contributed by atoms with E-state index in [-0.39, 0.29) is 12.3 Å². The highest BCUT2D eigenvalue weighted by molar-refractivity contribution is 6.32. The van der Waals surface area contributed by atoms with E-state index in [1.165, 1.54) is 14.2 Å². The Kier molecular flexibility index (Phi) is 7.13. The van der Waals surface area contributed by atoms with E-state index in [4.69, 9.17) is 30.3 Å². The Morgan fingerprint density at radius 1 is 1.07 bits per heavy atom. The molecular weight excluding hydrogens is 410 g/mol. The molecule has 9 heteroatoms. The van der Waals surface area contributed by atoms with Crippen LogP contribution in [-0.2, 0) is 11.2 Å². The van der Waals surface area contributed by atoms with Gasteiger partial charge in [-0.25, -0.2) is 0 Å². The Hall–Kier alpha value is -3.26. The summed E-state index contributed by atoms with van der Waals surface area (Å²) < 4.78 is 20.9. The number of anilines is 1. The number of nitrogens with zero attached hydrogens (tertiary/aromatic N) is 2. The quantitative estimate of drug-likeness (QED) is 0.537. The first-order valence-electron chi connectivity index (χ1n) is 9.22. The number of rotatable bonds is 9. The van der Waals surface area contributed by atoms with Crippen LogP contribution < -0.4 is 19.5 Å². The molecule has 0 aliphatic carbocycles. The fourth-order valence-electron chi connectivity index (χ4n) is 2.78. The standard InChI is InChI=1S/C21H22ClN3O5/c1-27-14-9-7-13(8-10-14)21-24-20(30-25-21)6-4-5-19(26)23-16-11-15(22)17(28-2)12-18(16)29-3/h7-12H,4-6H2,1-3H3,(H,23,26).